The molecule has 0 unspecified atom stereocenters. The molecule has 1 aromatic heterocycles. The van der Waals surface area contributed by atoms with Crippen LogP contribution in [0.5, 0.6) is 5.75 Å². The van der Waals surface area contributed by atoms with Crippen LogP contribution in [0.3, 0.4) is 0 Å². The molecule has 0 aliphatic carbocycles. The van der Waals surface area contributed by atoms with E-state index in [9.17, 15) is 14.4 Å². The smallest absolute Gasteiger partial charge is 0.344 e. The van der Waals surface area contributed by atoms with Crippen molar-refractivity contribution in [3.05, 3.63) is 52.8 Å². The standard InChI is InChI=1S/C21H22N2O6/c1-14-10-17(15(2)23(14)9-8-20(25)27-3)18(24)12-29-21(26)13-28-19-7-5-4-6-16(19)11-22/h4-7,10H,8-9,12-13H2,1-3H3. The lowest BCUT2D eigenvalue weighted by molar-refractivity contribution is -0.145. The van der Waals surface area contributed by atoms with Gasteiger partial charge >= 0.3 is 11.9 Å². The number of esters is 2. The molecule has 0 atom stereocenters. The molecule has 0 bridgehead atoms. The van der Waals surface area contributed by atoms with Crippen LogP contribution in [0.4, 0.5) is 0 Å². The summed E-state index contributed by atoms with van der Waals surface area (Å²) < 4.78 is 16.8. The summed E-state index contributed by atoms with van der Waals surface area (Å²) in [5.74, 6) is -1.14. The fourth-order valence-electron chi connectivity index (χ4n) is 2.82. The number of aryl methyl sites for hydroxylation is 1. The van der Waals surface area contributed by atoms with Gasteiger partial charge in [-0.1, -0.05) is 12.1 Å². The number of nitriles is 1. The molecule has 0 N–H and O–H groups in total. The van der Waals surface area contributed by atoms with Gasteiger partial charge in [-0.2, -0.15) is 5.26 Å². The number of carbonyl (C=O) groups is 3. The maximum absolute atomic E-state index is 12.4. The molecule has 152 valence electrons. The van der Waals surface area contributed by atoms with Gasteiger partial charge in [-0.3, -0.25) is 9.59 Å². The lowest BCUT2D eigenvalue weighted by Gasteiger charge is -2.09. The van der Waals surface area contributed by atoms with Gasteiger partial charge in [0.05, 0.1) is 19.1 Å². The van der Waals surface area contributed by atoms with E-state index in [1.54, 1.807) is 37.3 Å². The molecule has 0 spiro atoms. The number of nitrogens with zero attached hydrogens (tertiary/aromatic N) is 2. The molecule has 8 heteroatoms. The van der Waals surface area contributed by atoms with Crippen molar-refractivity contribution in [2.24, 2.45) is 0 Å². The first kappa shape index (κ1) is 21.7. The van der Waals surface area contributed by atoms with Gasteiger partial charge in [0.25, 0.3) is 0 Å². The van der Waals surface area contributed by atoms with E-state index < -0.39 is 19.2 Å². The summed E-state index contributed by atoms with van der Waals surface area (Å²) in [6.07, 6.45) is 0.191. The summed E-state index contributed by atoms with van der Waals surface area (Å²) in [5, 5.41) is 9.00. The van der Waals surface area contributed by atoms with Gasteiger partial charge in [-0.25, -0.2) is 4.79 Å². The van der Waals surface area contributed by atoms with Crippen molar-refractivity contribution in [2.45, 2.75) is 26.8 Å². The van der Waals surface area contributed by atoms with Crippen LogP contribution in [-0.4, -0.2) is 42.6 Å². The van der Waals surface area contributed by atoms with Crippen molar-refractivity contribution in [2.75, 3.05) is 20.3 Å². The van der Waals surface area contributed by atoms with Crippen LogP contribution >= 0.6 is 0 Å². The minimum Gasteiger partial charge on any atom is -0.481 e. The predicted octanol–water partition coefficient (Wildman–Crippen LogP) is 2.34. The van der Waals surface area contributed by atoms with Gasteiger partial charge in [-0.05, 0) is 32.0 Å². The summed E-state index contributed by atoms with van der Waals surface area (Å²) >= 11 is 0. The predicted molar refractivity (Wildman–Crippen MR) is 102 cm³/mol. The Morgan fingerprint density at radius 1 is 1.10 bits per heavy atom. The van der Waals surface area contributed by atoms with Crippen molar-refractivity contribution in [3.63, 3.8) is 0 Å². The van der Waals surface area contributed by atoms with Crippen LogP contribution < -0.4 is 4.74 Å². The molecule has 0 radical (unpaired) electrons. The zero-order valence-electron chi connectivity index (χ0n) is 16.6. The normalized spacial score (nSPS) is 10.1. The Morgan fingerprint density at radius 3 is 2.52 bits per heavy atom. The number of hydrogen-bond donors (Lipinski definition) is 0. The Labute approximate surface area is 168 Å². The van der Waals surface area contributed by atoms with Crippen LogP contribution in [0.15, 0.2) is 30.3 Å². The Morgan fingerprint density at radius 2 is 1.83 bits per heavy atom. The van der Waals surface area contributed by atoms with Crippen LogP contribution in [0.1, 0.15) is 33.7 Å². The molecular weight excluding hydrogens is 376 g/mol. The Balaban J connectivity index is 1.91. The molecule has 0 fully saturated rings. The van der Waals surface area contributed by atoms with Gasteiger partial charge in [0.15, 0.2) is 13.2 Å². The highest BCUT2D eigenvalue weighted by Gasteiger charge is 2.18. The van der Waals surface area contributed by atoms with Gasteiger partial charge < -0.3 is 18.8 Å². The van der Waals surface area contributed by atoms with Crippen molar-refractivity contribution in [3.8, 4) is 11.8 Å². The number of para-hydroxylation sites is 1. The van der Waals surface area contributed by atoms with E-state index in [4.69, 9.17) is 14.7 Å². The van der Waals surface area contributed by atoms with Crippen LogP contribution in [0.2, 0.25) is 0 Å². The van der Waals surface area contributed by atoms with Crippen molar-refractivity contribution >= 4 is 17.7 Å². The van der Waals surface area contributed by atoms with Gasteiger partial charge in [0, 0.05) is 23.5 Å². The molecule has 0 aliphatic heterocycles. The molecule has 2 rings (SSSR count). The third kappa shape index (κ3) is 5.69. The number of Topliss-reactive ketones (excluding diaryl/α,β-unsaturated/α-hetero) is 1. The van der Waals surface area contributed by atoms with E-state index in [2.05, 4.69) is 4.74 Å². The monoisotopic (exact) mass is 398 g/mol. The first-order valence-corrected chi connectivity index (χ1v) is 8.91. The average Bonchev–Trinajstić information content (AvgIpc) is 3.02. The fraction of sp³-hybridized carbons (Fsp3) is 0.333. The highest BCUT2D eigenvalue weighted by molar-refractivity contribution is 5.99. The SMILES string of the molecule is COC(=O)CCn1c(C)cc(C(=O)COC(=O)COc2ccccc2C#N)c1C. The van der Waals surface area contributed by atoms with Crippen LogP contribution in [0, 0.1) is 25.2 Å². The number of carbonyl (C=O) groups excluding carboxylic acids is 3. The Bertz CT molecular complexity index is 955. The van der Waals surface area contributed by atoms with E-state index in [-0.39, 0.29) is 23.9 Å². The first-order valence-electron chi connectivity index (χ1n) is 8.91. The maximum atomic E-state index is 12.4. The molecule has 1 aromatic carbocycles. The highest BCUT2D eigenvalue weighted by atomic mass is 16.6. The summed E-state index contributed by atoms with van der Waals surface area (Å²) in [7, 11) is 1.32. The maximum Gasteiger partial charge on any atom is 0.344 e. The number of ether oxygens (including phenoxy) is 3. The largest absolute Gasteiger partial charge is 0.481 e. The topological polar surface area (TPSA) is 108 Å². The number of ketones is 1. The number of methoxy groups -OCH3 is 1. The van der Waals surface area contributed by atoms with Crippen molar-refractivity contribution in [1.29, 1.82) is 5.26 Å². The lowest BCUT2D eigenvalue weighted by atomic mass is 10.1. The van der Waals surface area contributed by atoms with Gasteiger partial charge in [-0.15, -0.1) is 0 Å². The third-order valence-electron chi connectivity index (χ3n) is 4.36. The second kappa shape index (κ2) is 10.1. The zero-order valence-corrected chi connectivity index (χ0v) is 16.6. The van der Waals surface area contributed by atoms with Crippen molar-refractivity contribution in [1.82, 2.24) is 4.57 Å². The third-order valence-corrected chi connectivity index (χ3v) is 4.36. The molecule has 0 amide bonds. The molecular formula is C21H22N2O6. The number of rotatable bonds is 9. The highest BCUT2D eigenvalue weighted by Crippen LogP contribution is 2.18. The van der Waals surface area contributed by atoms with E-state index in [0.29, 0.717) is 23.4 Å². The molecule has 8 nitrogen and oxygen atoms in total. The first-order chi connectivity index (χ1) is 13.9. The summed E-state index contributed by atoms with van der Waals surface area (Å²) in [5.41, 5.74) is 2.23. The van der Waals surface area contributed by atoms with Crippen molar-refractivity contribution < 1.29 is 28.6 Å². The van der Waals surface area contributed by atoms with E-state index in [1.165, 1.54) is 7.11 Å². The Hall–Kier alpha value is -3.60. The second-order valence-corrected chi connectivity index (χ2v) is 6.24. The molecule has 29 heavy (non-hydrogen) atoms. The molecule has 0 saturated heterocycles. The number of hydrogen-bond acceptors (Lipinski definition) is 7. The average molecular weight is 398 g/mol. The minimum absolute atomic E-state index is 0.191. The second-order valence-electron chi connectivity index (χ2n) is 6.24. The van der Waals surface area contributed by atoms with E-state index in [1.807, 2.05) is 17.6 Å². The van der Waals surface area contributed by atoms with Crippen LogP contribution in [0.25, 0.3) is 0 Å². The summed E-state index contributed by atoms with van der Waals surface area (Å²) in [4.78, 5) is 35.7. The summed E-state index contributed by atoms with van der Waals surface area (Å²) in [6.45, 7) is 3.14. The molecule has 0 saturated carbocycles. The fourth-order valence-corrected chi connectivity index (χ4v) is 2.82. The lowest BCUT2D eigenvalue weighted by Crippen LogP contribution is -2.20. The minimum atomic E-state index is -0.717. The number of benzene rings is 1. The van der Waals surface area contributed by atoms with E-state index in [0.717, 1.165) is 5.69 Å². The quantitative estimate of drug-likeness (QED) is 0.471. The summed E-state index contributed by atoms with van der Waals surface area (Å²) in [6, 6.07) is 10.2. The number of aromatic nitrogens is 1. The van der Waals surface area contributed by atoms with Crippen LogP contribution in [-0.2, 0) is 25.6 Å². The zero-order chi connectivity index (χ0) is 21.4. The molecule has 0 aliphatic rings. The van der Waals surface area contributed by atoms with Gasteiger partial charge in [0.2, 0.25) is 5.78 Å². The van der Waals surface area contributed by atoms with Gasteiger partial charge in [0.1, 0.15) is 11.8 Å². The molecule has 1 heterocycles. The van der Waals surface area contributed by atoms with E-state index >= 15 is 0 Å². The Kier molecular flexibility index (Phi) is 7.54. The molecule has 2 aromatic rings.